The molecule has 1 aliphatic carbocycles. The molecular weight excluding hydrogens is 270 g/mol. The van der Waals surface area contributed by atoms with Gasteiger partial charge in [0.15, 0.2) is 0 Å². The Morgan fingerprint density at radius 1 is 1.48 bits per heavy atom. The smallest absolute Gasteiger partial charge is 0.293 e. The molecule has 2 rings (SSSR count). The maximum absolute atomic E-state index is 12.4. The SMILES string of the molecule is CCNc1c(C(=O)NC(C)C2CCC2)cccc1[N+](=O)[O-]. The summed E-state index contributed by atoms with van der Waals surface area (Å²) < 4.78 is 0. The van der Waals surface area contributed by atoms with Crippen LogP contribution in [0.15, 0.2) is 18.2 Å². The minimum absolute atomic E-state index is 0.0687. The van der Waals surface area contributed by atoms with Crippen LogP contribution in [0.25, 0.3) is 0 Å². The Balaban J connectivity index is 2.22. The van der Waals surface area contributed by atoms with Crippen molar-refractivity contribution in [3.05, 3.63) is 33.9 Å². The molecule has 2 N–H and O–H groups in total. The highest BCUT2D eigenvalue weighted by atomic mass is 16.6. The molecule has 0 heterocycles. The van der Waals surface area contributed by atoms with Crippen LogP contribution < -0.4 is 10.6 Å². The first-order valence-electron chi connectivity index (χ1n) is 7.36. The van der Waals surface area contributed by atoms with Crippen molar-refractivity contribution in [3.63, 3.8) is 0 Å². The molecule has 21 heavy (non-hydrogen) atoms. The summed E-state index contributed by atoms with van der Waals surface area (Å²) in [6.45, 7) is 4.35. The quantitative estimate of drug-likeness (QED) is 0.623. The van der Waals surface area contributed by atoms with E-state index in [9.17, 15) is 14.9 Å². The summed E-state index contributed by atoms with van der Waals surface area (Å²) in [5.41, 5.74) is 0.557. The molecule has 1 aromatic carbocycles. The number of nitro benzene ring substituents is 1. The van der Waals surface area contributed by atoms with Crippen LogP contribution in [0.2, 0.25) is 0 Å². The van der Waals surface area contributed by atoms with E-state index in [-0.39, 0.29) is 17.6 Å². The number of rotatable bonds is 6. The molecule has 1 saturated carbocycles. The fourth-order valence-corrected chi connectivity index (χ4v) is 2.59. The van der Waals surface area contributed by atoms with Crippen LogP contribution >= 0.6 is 0 Å². The molecule has 0 bridgehead atoms. The van der Waals surface area contributed by atoms with E-state index in [1.54, 1.807) is 12.1 Å². The van der Waals surface area contributed by atoms with E-state index >= 15 is 0 Å². The van der Waals surface area contributed by atoms with Crippen molar-refractivity contribution in [2.75, 3.05) is 11.9 Å². The lowest BCUT2D eigenvalue weighted by atomic mass is 9.80. The maximum Gasteiger partial charge on any atom is 0.293 e. The molecule has 0 radical (unpaired) electrons. The summed E-state index contributed by atoms with van der Waals surface area (Å²) in [5.74, 6) is 0.268. The van der Waals surface area contributed by atoms with Crippen LogP contribution in [-0.2, 0) is 0 Å². The van der Waals surface area contributed by atoms with Crippen LogP contribution in [0, 0.1) is 16.0 Å². The second kappa shape index (κ2) is 6.56. The van der Waals surface area contributed by atoms with Gasteiger partial charge in [0.1, 0.15) is 5.69 Å². The summed E-state index contributed by atoms with van der Waals surface area (Å²) >= 11 is 0. The van der Waals surface area contributed by atoms with E-state index in [4.69, 9.17) is 0 Å². The Morgan fingerprint density at radius 2 is 2.19 bits per heavy atom. The van der Waals surface area contributed by atoms with Gasteiger partial charge in [-0.25, -0.2) is 0 Å². The van der Waals surface area contributed by atoms with Crippen molar-refractivity contribution in [1.82, 2.24) is 5.32 Å². The van der Waals surface area contributed by atoms with Crippen LogP contribution in [0.1, 0.15) is 43.5 Å². The first-order chi connectivity index (χ1) is 10.0. The van der Waals surface area contributed by atoms with E-state index < -0.39 is 4.92 Å². The van der Waals surface area contributed by atoms with E-state index in [2.05, 4.69) is 10.6 Å². The third kappa shape index (κ3) is 3.32. The average Bonchev–Trinajstić information content (AvgIpc) is 2.36. The number of carbonyl (C=O) groups is 1. The van der Waals surface area contributed by atoms with E-state index in [0.717, 1.165) is 12.8 Å². The molecule has 1 aromatic rings. The predicted molar refractivity (Wildman–Crippen MR) is 81.5 cm³/mol. The van der Waals surface area contributed by atoms with Gasteiger partial charge in [-0.15, -0.1) is 0 Å². The number of amides is 1. The first kappa shape index (κ1) is 15.3. The minimum atomic E-state index is -0.468. The van der Waals surface area contributed by atoms with Crippen molar-refractivity contribution in [3.8, 4) is 0 Å². The molecule has 1 unspecified atom stereocenters. The lowest BCUT2D eigenvalue weighted by Crippen LogP contribution is -2.40. The summed E-state index contributed by atoms with van der Waals surface area (Å²) in [5, 5.41) is 17.0. The van der Waals surface area contributed by atoms with Gasteiger partial charge < -0.3 is 10.6 Å². The monoisotopic (exact) mass is 291 g/mol. The molecular formula is C15H21N3O3. The summed E-state index contributed by atoms with van der Waals surface area (Å²) in [6.07, 6.45) is 3.48. The van der Waals surface area contributed by atoms with Crippen molar-refractivity contribution in [2.24, 2.45) is 5.92 Å². The summed E-state index contributed by atoms with van der Waals surface area (Å²) in [6, 6.07) is 4.67. The van der Waals surface area contributed by atoms with Gasteiger partial charge in [0, 0.05) is 18.7 Å². The van der Waals surface area contributed by atoms with Gasteiger partial charge >= 0.3 is 0 Å². The minimum Gasteiger partial charge on any atom is -0.379 e. The molecule has 1 aliphatic rings. The normalized spacial score (nSPS) is 15.9. The van der Waals surface area contributed by atoms with Crippen molar-refractivity contribution in [1.29, 1.82) is 0 Å². The van der Waals surface area contributed by atoms with Gasteiger partial charge in [-0.2, -0.15) is 0 Å². The standard InChI is InChI=1S/C15H21N3O3/c1-3-16-14-12(8-5-9-13(14)18(20)21)15(19)17-10(2)11-6-4-7-11/h5,8-11,16H,3-4,6-7H2,1-2H3,(H,17,19). The molecule has 114 valence electrons. The fourth-order valence-electron chi connectivity index (χ4n) is 2.59. The molecule has 1 atom stereocenters. The third-order valence-electron chi connectivity index (χ3n) is 4.05. The number of nitro groups is 1. The molecule has 0 spiro atoms. The predicted octanol–water partition coefficient (Wildman–Crippen LogP) is 2.95. The average molecular weight is 291 g/mol. The zero-order valence-corrected chi connectivity index (χ0v) is 12.4. The zero-order valence-electron chi connectivity index (χ0n) is 12.4. The molecule has 0 saturated heterocycles. The Kier molecular flexibility index (Phi) is 4.77. The maximum atomic E-state index is 12.4. The number of para-hydroxylation sites is 1. The topological polar surface area (TPSA) is 84.3 Å². The van der Waals surface area contributed by atoms with E-state index in [1.165, 1.54) is 12.5 Å². The first-order valence-corrected chi connectivity index (χ1v) is 7.36. The van der Waals surface area contributed by atoms with E-state index in [0.29, 0.717) is 23.7 Å². The lowest BCUT2D eigenvalue weighted by molar-refractivity contribution is -0.384. The molecule has 6 nitrogen and oxygen atoms in total. The number of anilines is 1. The van der Waals surface area contributed by atoms with Gasteiger partial charge in [-0.05, 0) is 38.7 Å². The van der Waals surface area contributed by atoms with Gasteiger partial charge in [-0.1, -0.05) is 12.5 Å². The Morgan fingerprint density at radius 3 is 2.71 bits per heavy atom. The molecule has 0 aromatic heterocycles. The number of carbonyl (C=O) groups excluding carboxylic acids is 1. The van der Waals surface area contributed by atoms with Crippen LogP contribution in [0.5, 0.6) is 0 Å². The highest BCUT2D eigenvalue weighted by Crippen LogP contribution is 2.31. The van der Waals surface area contributed by atoms with Crippen molar-refractivity contribution in [2.45, 2.75) is 39.2 Å². The van der Waals surface area contributed by atoms with E-state index in [1.807, 2.05) is 13.8 Å². The van der Waals surface area contributed by atoms with Gasteiger partial charge in [0.2, 0.25) is 0 Å². The third-order valence-corrected chi connectivity index (χ3v) is 4.05. The van der Waals surface area contributed by atoms with Gasteiger partial charge in [0.25, 0.3) is 11.6 Å². The van der Waals surface area contributed by atoms with Crippen LogP contribution in [0.3, 0.4) is 0 Å². The van der Waals surface area contributed by atoms with Crippen molar-refractivity contribution >= 4 is 17.3 Å². The lowest BCUT2D eigenvalue weighted by Gasteiger charge is -2.32. The number of benzene rings is 1. The van der Waals surface area contributed by atoms with Crippen molar-refractivity contribution < 1.29 is 9.72 Å². The largest absolute Gasteiger partial charge is 0.379 e. The second-order valence-corrected chi connectivity index (χ2v) is 5.44. The highest BCUT2D eigenvalue weighted by Gasteiger charge is 2.27. The van der Waals surface area contributed by atoms with Crippen LogP contribution in [0.4, 0.5) is 11.4 Å². The molecule has 1 amide bonds. The number of nitrogens with one attached hydrogen (secondary N) is 2. The second-order valence-electron chi connectivity index (χ2n) is 5.44. The Bertz CT molecular complexity index is 541. The molecule has 0 aliphatic heterocycles. The summed E-state index contributed by atoms with van der Waals surface area (Å²) in [4.78, 5) is 23.0. The number of nitrogens with zero attached hydrogens (tertiary/aromatic N) is 1. The zero-order chi connectivity index (χ0) is 15.4. The molecule has 6 heteroatoms. The van der Waals surface area contributed by atoms with Gasteiger partial charge in [0.05, 0.1) is 10.5 Å². The Hall–Kier alpha value is -2.11. The number of hydrogen-bond donors (Lipinski definition) is 2. The highest BCUT2D eigenvalue weighted by molar-refractivity contribution is 6.01. The summed E-state index contributed by atoms with van der Waals surface area (Å²) in [7, 11) is 0. The Labute approximate surface area is 124 Å². The number of hydrogen-bond acceptors (Lipinski definition) is 4. The fraction of sp³-hybridized carbons (Fsp3) is 0.533. The molecule has 1 fully saturated rings. The van der Waals surface area contributed by atoms with Crippen LogP contribution in [-0.4, -0.2) is 23.4 Å². The van der Waals surface area contributed by atoms with Gasteiger partial charge in [-0.3, -0.25) is 14.9 Å².